The van der Waals surface area contributed by atoms with E-state index in [2.05, 4.69) is 52.1 Å². The van der Waals surface area contributed by atoms with Gasteiger partial charge < -0.3 is 4.74 Å². The van der Waals surface area contributed by atoms with Crippen molar-refractivity contribution in [1.29, 1.82) is 0 Å². The second kappa shape index (κ2) is 5.26. The van der Waals surface area contributed by atoms with Crippen molar-refractivity contribution in [1.82, 2.24) is 0 Å². The minimum atomic E-state index is 0.549. The zero-order valence-electron chi connectivity index (χ0n) is 9.63. The summed E-state index contributed by atoms with van der Waals surface area (Å²) in [7, 11) is 0. The molecule has 1 aromatic rings. The monoisotopic (exact) mass is 222 g/mol. The molecule has 82 valence electrons. The molecular formula is C13H18OS. The van der Waals surface area contributed by atoms with Crippen molar-refractivity contribution in [3.8, 4) is 5.75 Å². The van der Waals surface area contributed by atoms with Crippen LogP contribution >= 0.6 is 12.6 Å². The van der Waals surface area contributed by atoms with Crippen LogP contribution in [0.3, 0.4) is 0 Å². The predicted octanol–water partition coefficient (Wildman–Crippen LogP) is 3.48. The Morgan fingerprint density at radius 2 is 2.00 bits per heavy atom. The lowest BCUT2D eigenvalue weighted by atomic mass is 10.1. The maximum atomic E-state index is 5.70. The molecule has 0 radical (unpaired) electrons. The largest absolute Gasteiger partial charge is 0.489 e. The number of thiol groups is 1. The Kier molecular flexibility index (Phi) is 4.28. The van der Waals surface area contributed by atoms with Gasteiger partial charge in [-0.1, -0.05) is 12.6 Å². The third-order valence-corrected chi connectivity index (χ3v) is 2.87. The fraction of sp³-hybridized carbons (Fsp3) is 0.385. The van der Waals surface area contributed by atoms with E-state index in [1.165, 1.54) is 16.7 Å². The van der Waals surface area contributed by atoms with Crippen molar-refractivity contribution in [3.63, 3.8) is 0 Å². The molecule has 1 aromatic carbocycles. The second-order valence-electron chi connectivity index (χ2n) is 3.90. The Labute approximate surface area is 97.6 Å². The van der Waals surface area contributed by atoms with Crippen molar-refractivity contribution in [2.75, 3.05) is 12.4 Å². The van der Waals surface area contributed by atoms with Crippen LogP contribution in [-0.2, 0) is 0 Å². The Hall–Kier alpha value is -0.890. The zero-order chi connectivity index (χ0) is 11.4. The number of aryl methyl sites for hydroxylation is 2. The van der Waals surface area contributed by atoms with Crippen LogP contribution in [0.2, 0.25) is 0 Å². The molecule has 0 bridgehead atoms. The van der Waals surface area contributed by atoms with Gasteiger partial charge in [0.2, 0.25) is 0 Å². The Morgan fingerprint density at radius 3 is 2.60 bits per heavy atom. The van der Waals surface area contributed by atoms with Gasteiger partial charge >= 0.3 is 0 Å². The highest BCUT2D eigenvalue weighted by Gasteiger charge is 2.04. The molecule has 2 heteroatoms. The summed E-state index contributed by atoms with van der Waals surface area (Å²) in [6, 6.07) is 4.23. The predicted molar refractivity (Wildman–Crippen MR) is 69.1 cm³/mol. The first-order valence-electron chi connectivity index (χ1n) is 5.02. The molecule has 0 saturated heterocycles. The zero-order valence-corrected chi connectivity index (χ0v) is 10.5. The lowest BCUT2D eigenvalue weighted by molar-refractivity contribution is 0.350. The van der Waals surface area contributed by atoms with Crippen LogP contribution in [0, 0.1) is 20.8 Å². The van der Waals surface area contributed by atoms with E-state index >= 15 is 0 Å². The molecule has 0 N–H and O–H groups in total. The molecule has 1 rings (SSSR count). The minimum Gasteiger partial charge on any atom is -0.489 e. The second-order valence-corrected chi connectivity index (χ2v) is 4.22. The van der Waals surface area contributed by atoms with Gasteiger partial charge in [-0.3, -0.25) is 0 Å². The lowest BCUT2D eigenvalue weighted by Crippen LogP contribution is -2.03. The van der Waals surface area contributed by atoms with Crippen LogP contribution in [0.15, 0.2) is 24.3 Å². The van der Waals surface area contributed by atoms with Crippen molar-refractivity contribution >= 4 is 12.6 Å². The van der Waals surface area contributed by atoms with E-state index in [0.29, 0.717) is 12.4 Å². The molecule has 0 aliphatic rings. The summed E-state index contributed by atoms with van der Waals surface area (Å²) in [5.41, 5.74) is 4.69. The molecule has 0 unspecified atom stereocenters. The van der Waals surface area contributed by atoms with Crippen LogP contribution < -0.4 is 4.74 Å². The smallest absolute Gasteiger partial charge is 0.123 e. The van der Waals surface area contributed by atoms with Gasteiger partial charge in [0, 0.05) is 5.75 Å². The van der Waals surface area contributed by atoms with Crippen molar-refractivity contribution < 1.29 is 4.74 Å². The summed E-state index contributed by atoms with van der Waals surface area (Å²) in [4.78, 5) is 0. The van der Waals surface area contributed by atoms with E-state index in [4.69, 9.17) is 4.74 Å². The first-order chi connectivity index (χ1) is 7.04. The number of rotatable bonds is 4. The normalized spacial score (nSPS) is 10.1. The van der Waals surface area contributed by atoms with E-state index in [1.807, 2.05) is 0 Å². The average molecular weight is 222 g/mol. The van der Waals surface area contributed by atoms with Crippen LogP contribution in [-0.4, -0.2) is 12.4 Å². The third kappa shape index (κ3) is 3.31. The molecule has 0 aliphatic heterocycles. The summed E-state index contributed by atoms with van der Waals surface area (Å²) < 4.78 is 5.70. The van der Waals surface area contributed by atoms with E-state index in [-0.39, 0.29) is 0 Å². The lowest BCUT2D eigenvalue weighted by Gasteiger charge is -2.12. The molecule has 0 aromatic heterocycles. The van der Waals surface area contributed by atoms with Gasteiger partial charge in [0.05, 0.1) is 0 Å². The van der Waals surface area contributed by atoms with Gasteiger partial charge in [-0.25, -0.2) is 0 Å². The van der Waals surface area contributed by atoms with Crippen LogP contribution in [0.1, 0.15) is 16.7 Å². The first kappa shape index (κ1) is 12.2. The molecule has 0 amide bonds. The molecule has 0 atom stereocenters. The number of benzene rings is 1. The summed E-state index contributed by atoms with van der Waals surface area (Å²) >= 11 is 4.15. The SMILES string of the molecule is C=C(CS)COc1cc(C)cc(C)c1C. The van der Waals surface area contributed by atoms with Gasteiger partial charge in [0.15, 0.2) is 0 Å². The van der Waals surface area contributed by atoms with E-state index < -0.39 is 0 Å². The number of hydrogen-bond donors (Lipinski definition) is 1. The fourth-order valence-electron chi connectivity index (χ4n) is 1.38. The van der Waals surface area contributed by atoms with Crippen molar-refractivity contribution in [3.05, 3.63) is 41.0 Å². The van der Waals surface area contributed by atoms with Crippen LogP contribution in [0.25, 0.3) is 0 Å². The van der Waals surface area contributed by atoms with E-state index in [9.17, 15) is 0 Å². The van der Waals surface area contributed by atoms with Crippen LogP contribution in [0.5, 0.6) is 5.75 Å². The molecule has 1 nitrogen and oxygen atoms in total. The molecular weight excluding hydrogens is 204 g/mol. The minimum absolute atomic E-state index is 0.549. The van der Waals surface area contributed by atoms with Gasteiger partial charge in [-0.2, -0.15) is 12.6 Å². The standard InChI is InChI=1S/C13H18OS/c1-9-5-11(3)12(4)13(6-9)14-7-10(2)8-15/h5-6,15H,2,7-8H2,1,3-4H3. The van der Waals surface area contributed by atoms with Gasteiger partial charge in [0.1, 0.15) is 12.4 Å². The van der Waals surface area contributed by atoms with Gasteiger partial charge in [-0.05, 0) is 49.1 Å². The summed E-state index contributed by atoms with van der Waals surface area (Å²) in [6.45, 7) is 10.7. The number of hydrogen-bond acceptors (Lipinski definition) is 2. The first-order valence-corrected chi connectivity index (χ1v) is 5.66. The van der Waals surface area contributed by atoms with Crippen molar-refractivity contribution in [2.24, 2.45) is 0 Å². The third-order valence-electron chi connectivity index (χ3n) is 2.42. The maximum Gasteiger partial charge on any atom is 0.123 e. The topological polar surface area (TPSA) is 9.23 Å². The van der Waals surface area contributed by atoms with E-state index in [0.717, 1.165) is 11.3 Å². The summed E-state index contributed by atoms with van der Waals surface area (Å²) in [6.07, 6.45) is 0. The highest BCUT2D eigenvalue weighted by atomic mass is 32.1. The Morgan fingerprint density at radius 1 is 1.33 bits per heavy atom. The number of ether oxygens (including phenoxy) is 1. The fourth-order valence-corrected chi connectivity index (χ4v) is 1.47. The molecule has 0 heterocycles. The molecule has 0 aliphatic carbocycles. The molecule has 0 fully saturated rings. The quantitative estimate of drug-likeness (QED) is 0.606. The maximum absolute atomic E-state index is 5.70. The summed E-state index contributed by atoms with van der Waals surface area (Å²) in [5.74, 6) is 1.62. The van der Waals surface area contributed by atoms with Crippen molar-refractivity contribution in [2.45, 2.75) is 20.8 Å². The van der Waals surface area contributed by atoms with Gasteiger partial charge in [0.25, 0.3) is 0 Å². The highest BCUT2D eigenvalue weighted by molar-refractivity contribution is 7.80. The Balaban J connectivity index is 2.81. The average Bonchev–Trinajstić information content (AvgIpc) is 2.20. The molecule has 15 heavy (non-hydrogen) atoms. The highest BCUT2D eigenvalue weighted by Crippen LogP contribution is 2.23. The van der Waals surface area contributed by atoms with Gasteiger partial charge in [-0.15, -0.1) is 0 Å². The summed E-state index contributed by atoms with van der Waals surface area (Å²) in [5, 5.41) is 0. The van der Waals surface area contributed by atoms with E-state index in [1.54, 1.807) is 0 Å². The Bertz CT molecular complexity index is 369. The molecule has 0 spiro atoms. The van der Waals surface area contributed by atoms with Crippen LogP contribution in [0.4, 0.5) is 0 Å². The molecule has 0 saturated carbocycles.